The van der Waals surface area contributed by atoms with Crippen LogP contribution in [0.5, 0.6) is 5.75 Å². The molecule has 2 rings (SSSR count). The Morgan fingerprint density at radius 2 is 1.67 bits per heavy atom. The van der Waals surface area contributed by atoms with Crippen molar-refractivity contribution in [1.29, 1.82) is 0 Å². The van der Waals surface area contributed by atoms with E-state index in [0.717, 1.165) is 37.2 Å². The van der Waals surface area contributed by atoms with Gasteiger partial charge in [-0.05, 0) is 56.9 Å². The largest absolute Gasteiger partial charge is 0.486 e. The molecule has 0 bridgehead atoms. The van der Waals surface area contributed by atoms with Crippen molar-refractivity contribution >= 4 is 23.2 Å². The van der Waals surface area contributed by atoms with Crippen molar-refractivity contribution in [2.24, 2.45) is 0 Å². The second kappa shape index (κ2) is 9.90. The minimum absolute atomic E-state index is 0.447. The molecule has 0 aliphatic rings. The standard InChI is InChI=1S/C19H24Cl2N2O/c1-23(2)10-6-9-22-13-16-11-17(20)19(18(21)12-16)24-14-15-7-4-3-5-8-15/h3-5,7-8,11-12,22H,6,9-10,13-14H2,1-2H3. The first-order valence-corrected chi connectivity index (χ1v) is 8.82. The Morgan fingerprint density at radius 3 is 2.29 bits per heavy atom. The van der Waals surface area contributed by atoms with Gasteiger partial charge in [0, 0.05) is 6.54 Å². The smallest absolute Gasteiger partial charge is 0.156 e. The summed E-state index contributed by atoms with van der Waals surface area (Å²) >= 11 is 12.7. The highest BCUT2D eigenvalue weighted by molar-refractivity contribution is 6.37. The van der Waals surface area contributed by atoms with Crippen LogP contribution in [0.2, 0.25) is 10.0 Å². The molecule has 24 heavy (non-hydrogen) atoms. The maximum Gasteiger partial charge on any atom is 0.156 e. The van der Waals surface area contributed by atoms with Crippen molar-refractivity contribution in [3.63, 3.8) is 0 Å². The van der Waals surface area contributed by atoms with Gasteiger partial charge in [0.05, 0.1) is 10.0 Å². The van der Waals surface area contributed by atoms with Crippen molar-refractivity contribution in [1.82, 2.24) is 10.2 Å². The summed E-state index contributed by atoms with van der Waals surface area (Å²) in [6.07, 6.45) is 1.10. The zero-order valence-corrected chi connectivity index (χ0v) is 15.7. The van der Waals surface area contributed by atoms with Gasteiger partial charge in [-0.2, -0.15) is 0 Å². The van der Waals surface area contributed by atoms with E-state index in [0.29, 0.717) is 22.4 Å². The Hall–Kier alpha value is -1.26. The highest BCUT2D eigenvalue weighted by atomic mass is 35.5. The molecule has 0 unspecified atom stereocenters. The molecule has 1 N–H and O–H groups in total. The molecule has 5 heteroatoms. The molecule has 0 atom stereocenters. The molecule has 0 heterocycles. The Morgan fingerprint density at radius 1 is 1.00 bits per heavy atom. The SMILES string of the molecule is CN(C)CCCNCc1cc(Cl)c(OCc2ccccc2)c(Cl)c1. The fraction of sp³-hybridized carbons (Fsp3) is 0.368. The lowest BCUT2D eigenvalue weighted by Crippen LogP contribution is -2.21. The third-order valence-electron chi connectivity index (χ3n) is 3.57. The number of nitrogens with zero attached hydrogens (tertiary/aromatic N) is 1. The summed E-state index contributed by atoms with van der Waals surface area (Å²) in [4.78, 5) is 2.17. The van der Waals surface area contributed by atoms with Gasteiger partial charge in [-0.3, -0.25) is 0 Å². The van der Waals surface area contributed by atoms with Gasteiger partial charge in [0.25, 0.3) is 0 Å². The van der Waals surface area contributed by atoms with Crippen LogP contribution in [0, 0.1) is 0 Å². The summed E-state index contributed by atoms with van der Waals surface area (Å²) in [6, 6.07) is 13.8. The van der Waals surface area contributed by atoms with Gasteiger partial charge in [-0.1, -0.05) is 53.5 Å². The van der Waals surface area contributed by atoms with E-state index in [-0.39, 0.29) is 0 Å². The maximum absolute atomic E-state index is 6.34. The highest BCUT2D eigenvalue weighted by Crippen LogP contribution is 2.34. The predicted octanol–water partition coefficient (Wildman–Crippen LogP) is 4.61. The molecule has 0 aromatic heterocycles. The van der Waals surface area contributed by atoms with Crippen LogP contribution in [0.3, 0.4) is 0 Å². The predicted molar refractivity (Wildman–Crippen MR) is 102 cm³/mol. The quantitative estimate of drug-likeness (QED) is 0.655. The molecular weight excluding hydrogens is 343 g/mol. The molecule has 3 nitrogen and oxygen atoms in total. The normalized spacial score (nSPS) is 11.0. The van der Waals surface area contributed by atoms with Crippen molar-refractivity contribution in [2.45, 2.75) is 19.6 Å². The molecule has 0 radical (unpaired) electrons. The lowest BCUT2D eigenvalue weighted by molar-refractivity contribution is 0.306. The molecule has 2 aromatic carbocycles. The number of benzene rings is 2. The van der Waals surface area contributed by atoms with Crippen LogP contribution < -0.4 is 10.1 Å². The van der Waals surface area contributed by atoms with Gasteiger partial charge < -0.3 is 15.0 Å². The topological polar surface area (TPSA) is 24.5 Å². The minimum atomic E-state index is 0.447. The zero-order chi connectivity index (χ0) is 17.4. The van der Waals surface area contributed by atoms with E-state index in [2.05, 4.69) is 24.3 Å². The Labute approximate surface area is 154 Å². The van der Waals surface area contributed by atoms with Crippen LogP contribution in [-0.4, -0.2) is 32.1 Å². The monoisotopic (exact) mass is 366 g/mol. The van der Waals surface area contributed by atoms with Crippen LogP contribution in [0.4, 0.5) is 0 Å². The number of hydrogen-bond donors (Lipinski definition) is 1. The Bertz CT molecular complexity index is 610. The lowest BCUT2D eigenvalue weighted by atomic mass is 10.2. The fourth-order valence-electron chi connectivity index (χ4n) is 2.34. The zero-order valence-electron chi connectivity index (χ0n) is 14.2. The summed E-state index contributed by atoms with van der Waals surface area (Å²) in [5.41, 5.74) is 2.14. The van der Waals surface area contributed by atoms with Crippen molar-refractivity contribution < 1.29 is 4.74 Å². The van der Waals surface area contributed by atoms with E-state index < -0.39 is 0 Å². The summed E-state index contributed by atoms with van der Waals surface area (Å²) in [6.45, 7) is 3.22. The number of hydrogen-bond acceptors (Lipinski definition) is 3. The molecule has 0 saturated heterocycles. The minimum Gasteiger partial charge on any atom is -0.486 e. The van der Waals surface area contributed by atoms with Crippen LogP contribution in [0.25, 0.3) is 0 Å². The third-order valence-corrected chi connectivity index (χ3v) is 4.13. The molecule has 0 saturated carbocycles. The second-order valence-corrected chi connectivity index (χ2v) is 6.81. The van der Waals surface area contributed by atoms with Gasteiger partial charge in [0.1, 0.15) is 6.61 Å². The van der Waals surface area contributed by atoms with Crippen molar-refractivity contribution in [2.75, 3.05) is 27.2 Å². The van der Waals surface area contributed by atoms with Crippen LogP contribution >= 0.6 is 23.2 Å². The summed E-state index contributed by atoms with van der Waals surface area (Å²) < 4.78 is 5.79. The number of rotatable bonds is 9. The van der Waals surface area contributed by atoms with Crippen LogP contribution in [0.1, 0.15) is 17.5 Å². The molecule has 2 aromatic rings. The molecule has 0 amide bonds. The fourth-order valence-corrected chi connectivity index (χ4v) is 2.98. The van der Waals surface area contributed by atoms with E-state index in [1.54, 1.807) is 0 Å². The first-order chi connectivity index (χ1) is 11.6. The summed E-state index contributed by atoms with van der Waals surface area (Å²) in [5.74, 6) is 0.540. The first kappa shape index (κ1) is 19.1. The van der Waals surface area contributed by atoms with Gasteiger partial charge in [-0.25, -0.2) is 0 Å². The number of nitrogens with one attached hydrogen (secondary N) is 1. The Balaban J connectivity index is 1.88. The lowest BCUT2D eigenvalue weighted by Gasteiger charge is -2.13. The van der Waals surface area contributed by atoms with Crippen molar-refractivity contribution in [3.05, 3.63) is 63.6 Å². The van der Waals surface area contributed by atoms with Gasteiger partial charge in [-0.15, -0.1) is 0 Å². The van der Waals surface area contributed by atoms with E-state index in [9.17, 15) is 0 Å². The van der Waals surface area contributed by atoms with E-state index >= 15 is 0 Å². The molecule has 0 spiro atoms. The van der Waals surface area contributed by atoms with Crippen LogP contribution in [0.15, 0.2) is 42.5 Å². The summed E-state index contributed by atoms with van der Waals surface area (Å²) in [5, 5.41) is 4.49. The average molecular weight is 367 g/mol. The highest BCUT2D eigenvalue weighted by Gasteiger charge is 2.10. The molecule has 0 aliphatic carbocycles. The van der Waals surface area contributed by atoms with E-state index in [4.69, 9.17) is 27.9 Å². The maximum atomic E-state index is 6.34. The second-order valence-electron chi connectivity index (χ2n) is 6.00. The van der Waals surface area contributed by atoms with E-state index in [1.807, 2.05) is 42.5 Å². The number of ether oxygens (including phenoxy) is 1. The van der Waals surface area contributed by atoms with Gasteiger partial charge in [0.15, 0.2) is 5.75 Å². The Kier molecular flexibility index (Phi) is 7.86. The molecule has 0 aliphatic heterocycles. The number of halogens is 2. The third kappa shape index (κ3) is 6.33. The first-order valence-electron chi connectivity index (χ1n) is 8.06. The van der Waals surface area contributed by atoms with Crippen molar-refractivity contribution in [3.8, 4) is 5.75 Å². The molecular formula is C19H24Cl2N2O. The van der Waals surface area contributed by atoms with Gasteiger partial charge in [0.2, 0.25) is 0 Å². The molecule has 0 fully saturated rings. The van der Waals surface area contributed by atoms with Gasteiger partial charge >= 0.3 is 0 Å². The molecule has 130 valence electrons. The van der Waals surface area contributed by atoms with E-state index in [1.165, 1.54) is 0 Å². The van der Waals surface area contributed by atoms with Crippen LogP contribution in [-0.2, 0) is 13.2 Å². The average Bonchev–Trinajstić information content (AvgIpc) is 2.54. The summed E-state index contributed by atoms with van der Waals surface area (Å²) in [7, 11) is 4.15.